The second-order valence-electron chi connectivity index (χ2n) is 11.4. The van der Waals surface area contributed by atoms with Crippen LogP contribution in [0.15, 0.2) is 121 Å². The second-order valence-corrected chi connectivity index (χ2v) is 11.4. The molecular weight excluding hydrogens is 536 g/mol. The second kappa shape index (κ2) is 9.73. The van der Waals surface area contributed by atoms with E-state index in [1.807, 2.05) is 36.4 Å². The third-order valence-electron chi connectivity index (χ3n) is 8.67. The van der Waals surface area contributed by atoms with Gasteiger partial charge in [-0.2, -0.15) is 10.5 Å². The van der Waals surface area contributed by atoms with E-state index in [-0.39, 0.29) is 0 Å². The fourth-order valence-electron chi connectivity index (χ4n) is 6.71. The third-order valence-corrected chi connectivity index (χ3v) is 8.67. The predicted molar refractivity (Wildman–Crippen MR) is 179 cm³/mol. The van der Waals surface area contributed by atoms with Crippen LogP contribution in [-0.2, 0) is 0 Å². The standard InChI is InChI=1S/C40H26N4/c1-25-14-16-37-32(18-25)30-10-3-5-12-35(30)43(37)39-21-29(28-9-7-8-27(20-28)23-41)22-40(34(39)24-42)44-36-13-6-4-11-31(36)33-19-26(2)15-17-38(33)44/h3-22H,1-2H3. The zero-order valence-electron chi connectivity index (χ0n) is 24.3. The van der Waals surface area contributed by atoms with E-state index in [0.29, 0.717) is 11.1 Å². The van der Waals surface area contributed by atoms with Crippen molar-refractivity contribution in [1.29, 1.82) is 10.5 Å². The smallest absolute Gasteiger partial charge is 0.104 e. The summed E-state index contributed by atoms with van der Waals surface area (Å²) in [6.07, 6.45) is 0. The molecule has 4 nitrogen and oxygen atoms in total. The largest absolute Gasteiger partial charge is 0.308 e. The van der Waals surface area contributed by atoms with Gasteiger partial charge in [-0.15, -0.1) is 0 Å². The molecule has 44 heavy (non-hydrogen) atoms. The SMILES string of the molecule is Cc1ccc2c(c1)c1ccccc1n2-c1cc(-c2cccc(C#N)c2)cc(-n2c3ccccc3c3cc(C)ccc32)c1C#N. The number of fused-ring (bicyclic) bond motifs is 6. The van der Waals surface area contributed by atoms with Gasteiger partial charge in [0.2, 0.25) is 0 Å². The van der Waals surface area contributed by atoms with Crippen LogP contribution in [-0.4, -0.2) is 9.13 Å². The molecule has 8 rings (SSSR count). The Morgan fingerprint density at radius 2 is 0.977 bits per heavy atom. The lowest BCUT2D eigenvalue weighted by atomic mass is 9.98. The molecule has 0 atom stereocenters. The summed E-state index contributed by atoms with van der Waals surface area (Å²) < 4.78 is 4.45. The van der Waals surface area contributed by atoms with Crippen LogP contribution in [0.1, 0.15) is 22.3 Å². The van der Waals surface area contributed by atoms with Crippen molar-refractivity contribution in [1.82, 2.24) is 9.13 Å². The van der Waals surface area contributed by atoms with E-state index in [1.54, 1.807) is 0 Å². The topological polar surface area (TPSA) is 57.4 Å². The molecule has 0 aliphatic carbocycles. The van der Waals surface area contributed by atoms with Crippen LogP contribution >= 0.6 is 0 Å². The number of hydrogen-bond acceptors (Lipinski definition) is 2. The zero-order chi connectivity index (χ0) is 29.9. The maximum Gasteiger partial charge on any atom is 0.104 e. The molecule has 8 aromatic rings. The number of nitriles is 2. The lowest BCUT2D eigenvalue weighted by Crippen LogP contribution is -2.05. The Balaban J connectivity index is 1.57. The van der Waals surface area contributed by atoms with Crippen LogP contribution in [0.5, 0.6) is 0 Å². The number of aromatic nitrogens is 2. The molecule has 6 aromatic carbocycles. The van der Waals surface area contributed by atoms with Crippen molar-refractivity contribution in [2.75, 3.05) is 0 Å². The molecular formula is C40H26N4. The Kier molecular flexibility index (Phi) is 5.66. The highest BCUT2D eigenvalue weighted by molar-refractivity contribution is 6.11. The van der Waals surface area contributed by atoms with Crippen LogP contribution in [0, 0.1) is 36.5 Å². The van der Waals surface area contributed by atoms with Gasteiger partial charge in [0.05, 0.1) is 45.1 Å². The maximum atomic E-state index is 11.0. The van der Waals surface area contributed by atoms with Crippen LogP contribution in [0.2, 0.25) is 0 Å². The number of para-hydroxylation sites is 2. The van der Waals surface area contributed by atoms with Crippen LogP contribution in [0.4, 0.5) is 0 Å². The number of rotatable bonds is 3. The van der Waals surface area contributed by atoms with Gasteiger partial charge in [-0.05, 0) is 85.6 Å². The summed E-state index contributed by atoms with van der Waals surface area (Å²) >= 11 is 0. The lowest BCUT2D eigenvalue weighted by Gasteiger charge is -2.18. The van der Waals surface area contributed by atoms with Gasteiger partial charge in [0.15, 0.2) is 0 Å². The normalized spacial score (nSPS) is 11.4. The van der Waals surface area contributed by atoms with Crippen LogP contribution < -0.4 is 0 Å². The number of benzene rings is 6. The quantitative estimate of drug-likeness (QED) is 0.215. The van der Waals surface area contributed by atoms with Crippen molar-refractivity contribution in [3.8, 4) is 34.6 Å². The van der Waals surface area contributed by atoms with Crippen LogP contribution in [0.3, 0.4) is 0 Å². The first-order valence-corrected chi connectivity index (χ1v) is 14.6. The fourth-order valence-corrected chi connectivity index (χ4v) is 6.71. The van der Waals surface area contributed by atoms with Crippen LogP contribution in [0.25, 0.3) is 66.1 Å². The van der Waals surface area contributed by atoms with Gasteiger partial charge in [-0.1, -0.05) is 71.8 Å². The molecule has 206 valence electrons. The number of aryl methyl sites for hydroxylation is 2. The third kappa shape index (κ3) is 3.76. The van der Waals surface area contributed by atoms with Gasteiger partial charge in [-0.25, -0.2) is 0 Å². The van der Waals surface area contributed by atoms with E-state index >= 15 is 0 Å². The highest BCUT2D eigenvalue weighted by Crippen LogP contribution is 2.40. The Morgan fingerprint density at radius 3 is 1.50 bits per heavy atom. The highest BCUT2D eigenvalue weighted by Gasteiger charge is 2.22. The van der Waals surface area contributed by atoms with Gasteiger partial charge >= 0.3 is 0 Å². The molecule has 0 aliphatic heterocycles. The first-order valence-electron chi connectivity index (χ1n) is 14.6. The monoisotopic (exact) mass is 562 g/mol. The first kappa shape index (κ1) is 25.6. The molecule has 2 heterocycles. The molecule has 0 saturated carbocycles. The zero-order valence-corrected chi connectivity index (χ0v) is 24.3. The van der Waals surface area contributed by atoms with Gasteiger partial charge in [-0.3, -0.25) is 0 Å². The predicted octanol–water partition coefficient (Wildman–Crippen LogP) is 9.91. The van der Waals surface area contributed by atoms with Gasteiger partial charge < -0.3 is 9.13 Å². The van der Waals surface area contributed by atoms with Gasteiger partial charge in [0, 0.05) is 21.5 Å². The summed E-state index contributed by atoms with van der Waals surface area (Å²) in [6.45, 7) is 4.22. The van der Waals surface area contributed by atoms with E-state index in [0.717, 1.165) is 66.1 Å². The summed E-state index contributed by atoms with van der Waals surface area (Å²) in [4.78, 5) is 0. The van der Waals surface area contributed by atoms with Crippen molar-refractivity contribution in [3.63, 3.8) is 0 Å². The van der Waals surface area contributed by atoms with Gasteiger partial charge in [0.1, 0.15) is 11.6 Å². The Morgan fingerprint density at radius 1 is 0.455 bits per heavy atom. The average molecular weight is 563 g/mol. The molecule has 4 heteroatoms. The Labute approximate surface area is 254 Å². The molecule has 2 aromatic heterocycles. The molecule has 0 bridgehead atoms. The van der Waals surface area contributed by atoms with E-state index in [4.69, 9.17) is 0 Å². The molecule has 0 aliphatic rings. The molecule has 0 saturated heterocycles. The van der Waals surface area contributed by atoms with Crippen molar-refractivity contribution in [3.05, 3.63) is 144 Å². The van der Waals surface area contributed by atoms with E-state index < -0.39 is 0 Å². The van der Waals surface area contributed by atoms with E-state index in [2.05, 4.69) is 120 Å². The molecule has 0 amide bonds. The summed E-state index contributed by atoms with van der Waals surface area (Å²) in [5.41, 5.74) is 11.2. The molecule has 0 spiro atoms. The first-order chi connectivity index (χ1) is 21.6. The van der Waals surface area contributed by atoms with Crippen molar-refractivity contribution >= 4 is 43.6 Å². The number of nitrogens with zero attached hydrogens (tertiary/aromatic N) is 4. The lowest BCUT2D eigenvalue weighted by molar-refractivity contribution is 1.12. The number of hydrogen-bond donors (Lipinski definition) is 0. The molecule has 0 fully saturated rings. The summed E-state index contributed by atoms with van der Waals surface area (Å²) in [5.74, 6) is 0. The maximum absolute atomic E-state index is 11.0. The molecule has 0 radical (unpaired) electrons. The summed E-state index contributed by atoms with van der Waals surface area (Å²) in [5, 5.41) is 25.3. The highest BCUT2D eigenvalue weighted by atomic mass is 15.0. The van der Waals surface area contributed by atoms with Gasteiger partial charge in [0.25, 0.3) is 0 Å². The summed E-state index contributed by atoms with van der Waals surface area (Å²) in [6, 6.07) is 46.6. The Bertz CT molecular complexity index is 2410. The minimum atomic E-state index is 0.580. The van der Waals surface area contributed by atoms with Crippen molar-refractivity contribution in [2.24, 2.45) is 0 Å². The minimum Gasteiger partial charge on any atom is -0.308 e. The summed E-state index contributed by atoms with van der Waals surface area (Å²) in [7, 11) is 0. The minimum absolute atomic E-state index is 0.580. The average Bonchev–Trinajstić information content (AvgIpc) is 3.56. The molecule has 0 unspecified atom stereocenters. The Hall–Kier alpha value is -6.10. The fraction of sp³-hybridized carbons (Fsp3) is 0.0500. The van der Waals surface area contributed by atoms with E-state index in [1.165, 1.54) is 11.1 Å². The molecule has 0 N–H and O–H groups in total. The van der Waals surface area contributed by atoms with Crippen molar-refractivity contribution < 1.29 is 0 Å². The van der Waals surface area contributed by atoms with Crippen molar-refractivity contribution in [2.45, 2.75) is 13.8 Å². The van der Waals surface area contributed by atoms with E-state index in [9.17, 15) is 10.5 Å².